The first-order chi connectivity index (χ1) is 8.90. The zero-order valence-electron chi connectivity index (χ0n) is 11.0. The van der Waals surface area contributed by atoms with Gasteiger partial charge in [-0.1, -0.05) is 0 Å². The Morgan fingerprint density at radius 3 is 2.32 bits per heavy atom. The quantitative estimate of drug-likeness (QED) is 0.563. The molecule has 0 heterocycles. The van der Waals surface area contributed by atoms with Crippen LogP contribution in [0.2, 0.25) is 0 Å². The minimum Gasteiger partial charge on any atom is -0.481 e. The van der Waals surface area contributed by atoms with Gasteiger partial charge >= 0.3 is 12.0 Å². The Balaban J connectivity index is 2.25. The molecular weight excluding hydrogens is 250 g/mol. The van der Waals surface area contributed by atoms with Gasteiger partial charge in [0.25, 0.3) is 0 Å². The van der Waals surface area contributed by atoms with Gasteiger partial charge < -0.3 is 16.2 Å². The minimum atomic E-state index is -0.861. The summed E-state index contributed by atoms with van der Waals surface area (Å²) in [5, 5.41) is 13.9. The lowest BCUT2D eigenvalue weighted by Gasteiger charge is -2.27. The van der Waals surface area contributed by atoms with Crippen molar-refractivity contribution < 1.29 is 19.5 Å². The summed E-state index contributed by atoms with van der Waals surface area (Å²) in [4.78, 5) is 32.7. The van der Waals surface area contributed by atoms with Gasteiger partial charge in [-0.3, -0.25) is 14.9 Å². The Hall–Kier alpha value is -1.63. The number of urea groups is 1. The highest BCUT2D eigenvalue weighted by Crippen LogP contribution is 2.28. The highest BCUT2D eigenvalue weighted by Gasteiger charge is 2.26. The minimum absolute atomic E-state index is 0.230. The molecule has 0 bridgehead atoms. The summed E-state index contributed by atoms with van der Waals surface area (Å²) in [6.07, 6.45) is 3.05. The fourth-order valence-electron chi connectivity index (χ4n) is 2.28. The van der Waals surface area contributed by atoms with Gasteiger partial charge in [0.1, 0.15) is 0 Å². The number of primary amides is 1. The van der Waals surface area contributed by atoms with Crippen molar-refractivity contribution in [3.05, 3.63) is 0 Å². The van der Waals surface area contributed by atoms with Gasteiger partial charge in [0.15, 0.2) is 0 Å². The summed E-state index contributed by atoms with van der Waals surface area (Å²) in [6, 6.07) is -1.36. The number of rotatable bonds is 5. The summed E-state index contributed by atoms with van der Waals surface area (Å²) < 4.78 is 0. The number of aliphatic carboxylic acids is 1. The molecule has 1 unspecified atom stereocenters. The van der Waals surface area contributed by atoms with Gasteiger partial charge in [-0.05, 0) is 45.1 Å². The van der Waals surface area contributed by atoms with Crippen LogP contribution in [0.5, 0.6) is 0 Å². The summed E-state index contributed by atoms with van der Waals surface area (Å²) in [5.74, 6) is -1.03. The van der Waals surface area contributed by atoms with Crippen molar-refractivity contribution in [3.8, 4) is 0 Å². The van der Waals surface area contributed by atoms with Gasteiger partial charge in [0.05, 0.1) is 12.0 Å². The molecule has 1 saturated carbocycles. The Labute approximate surface area is 111 Å². The summed E-state index contributed by atoms with van der Waals surface area (Å²) in [6.45, 7) is 2.29. The molecular formula is C12H21N3O4. The molecule has 0 radical (unpaired) electrons. The molecule has 3 amide bonds. The first-order valence-corrected chi connectivity index (χ1v) is 6.46. The first kappa shape index (κ1) is 15.4. The number of amides is 3. The van der Waals surface area contributed by atoms with Gasteiger partial charge in [-0.2, -0.15) is 0 Å². The van der Waals surface area contributed by atoms with E-state index in [1.165, 1.54) is 0 Å². The van der Waals surface area contributed by atoms with Gasteiger partial charge in [-0.15, -0.1) is 0 Å². The van der Waals surface area contributed by atoms with E-state index in [1.807, 2.05) is 5.32 Å². The molecule has 1 aliphatic carbocycles. The molecule has 1 atom stereocenters. The molecule has 0 spiro atoms. The zero-order valence-corrected chi connectivity index (χ0v) is 11.0. The fourth-order valence-corrected chi connectivity index (χ4v) is 2.28. The van der Waals surface area contributed by atoms with Crippen LogP contribution in [0.3, 0.4) is 0 Å². The topological polar surface area (TPSA) is 122 Å². The van der Waals surface area contributed by atoms with E-state index in [1.54, 1.807) is 6.92 Å². The number of nitrogens with one attached hydrogen (secondary N) is 2. The van der Waals surface area contributed by atoms with E-state index in [2.05, 4.69) is 5.32 Å². The van der Waals surface area contributed by atoms with Crippen molar-refractivity contribution in [2.24, 2.45) is 17.6 Å². The van der Waals surface area contributed by atoms with Crippen molar-refractivity contribution in [1.82, 2.24) is 10.6 Å². The number of imide groups is 1. The van der Waals surface area contributed by atoms with Crippen LogP contribution in [-0.2, 0) is 9.59 Å². The summed E-state index contributed by atoms with van der Waals surface area (Å²) in [7, 11) is 0. The second-order valence-corrected chi connectivity index (χ2v) is 5.04. The van der Waals surface area contributed by atoms with Crippen molar-refractivity contribution >= 4 is 17.9 Å². The van der Waals surface area contributed by atoms with Crippen molar-refractivity contribution in [2.75, 3.05) is 6.54 Å². The van der Waals surface area contributed by atoms with E-state index in [4.69, 9.17) is 10.8 Å². The number of carboxylic acids is 1. The van der Waals surface area contributed by atoms with Crippen molar-refractivity contribution in [2.45, 2.75) is 38.6 Å². The third kappa shape index (κ3) is 5.25. The highest BCUT2D eigenvalue weighted by molar-refractivity contribution is 5.96. The third-order valence-corrected chi connectivity index (χ3v) is 3.55. The van der Waals surface area contributed by atoms with E-state index in [-0.39, 0.29) is 5.92 Å². The smallest absolute Gasteiger partial charge is 0.318 e. The SMILES string of the molecule is CC(NCC1CCC(C(=O)O)CC1)C(=O)NC(N)=O. The van der Waals surface area contributed by atoms with Gasteiger partial charge in [0.2, 0.25) is 5.91 Å². The Morgan fingerprint density at radius 2 is 1.84 bits per heavy atom. The lowest BCUT2D eigenvalue weighted by Crippen LogP contribution is -2.47. The van der Waals surface area contributed by atoms with E-state index >= 15 is 0 Å². The van der Waals surface area contributed by atoms with E-state index < -0.39 is 23.9 Å². The predicted molar refractivity (Wildman–Crippen MR) is 68.3 cm³/mol. The summed E-state index contributed by atoms with van der Waals surface area (Å²) in [5.41, 5.74) is 4.86. The van der Waals surface area contributed by atoms with Crippen LogP contribution in [0.1, 0.15) is 32.6 Å². The number of carbonyl (C=O) groups is 3. The maximum Gasteiger partial charge on any atom is 0.318 e. The average Bonchev–Trinajstić information content (AvgIpc) is 2.35. The number of nitrogens with two attached hydrogens (primary N) is 1. The van der Waals surface area contributed by atoms with Crippen LogP contribution in [0.15, 0.2) is 0 Å². The molecule has 1 rings (SSSR count). The monoisotopic (exact) mass is 271 g/mol. The van der Waals surface area contributed by atoms with E-state index in [9.17, 15) is 14.4 Å². The van der Waals surface area contributed by atoms with Crippen LogP contribution < -0.4 is 16.4 Å². The normalized spacial score (nSPS) is 24.5. The first-order valence-electron chi connectivity index (χ1n) is 6.46. The molecule has 19 heavy (non-hydrogen) atoms. The average molecular weight is 271 g/mol. The zero-order chi connectivity index (χ0) is 14.4. The Kier molecular flexibility index (Phi) is 5.75. The molecule has 0 saturated heterocycles. The van der Waals surface area contributed by atoms with Gasteiger partial charge in [0, 0.05) is 0 Å². The number of carboxylic acid groups (broad SMARTS) is 1. The van der Waals surface area contributed by atoms with Crippen LogP contribution in [0, 0.1) is 11.8 Å². The maximum atomic E-state index is 11.4. The third-order valence-electron chi connectivity index (χ3n) is 3.55. The maximum absolute atomic E-state index is 11.4. The van der Waals surface area contributed by atoms with Crippen LogP contribution in [0.25, 0.3) is 0 Å². The molecule has 1 aliphatic rings. The molecule has 5 N–H and O–H groups in total. The van der Waals surface area contributed by atoms with Crippen LogP contribution in [-0.4, -0.2) is 35.6 Å². The Bertz CT molecular complexity index is 351. The lowest BCUT2D eigenvalue weighted by molar-refractivity contribution is -0.143. The van der Waals surface area contributed by atoms with Crippen LogP contribution in [0.4, 0.5) is 4.79 Å². The second kappa shape index (κ2) is 7.08. The number of hydrogen-bond donors (Lipinski definition) is 4. The molecule has 1 fully saturated rings. The molecule has 108 valence electrons. The molecule has 0 aromatic heterocycles. The highest BCUT2D eigenvalue weighted by atomic mass is 16.4. The predicted octanol–water partition coefficient (Wildman–Crippen LogP) is 0.0504. The molecule has 7 heteroatoms. The number of hydrogen-bond acceptors (Lipinski definition) is 4. The van der Waals surface area contributed by atoms with E-state index in [0.717, 1.165) is 12.8 Å². The molecule has 0 aliphatic heterocycles. The molecule has 0 aromatic carbocycles. The van der Waals surface area contributed by atoms with Crippen LogP contribution >= 0.6 is 0 Å². The largest absolute Gasteiger partial charge is 0.481 e. The van der Waals surface area contributed by atoms with Crippen molar-refractivity contribution in [3.63, 3.8) is 0 Å². The van der Waals surface area contributed by atoms with Crippen molar-refractivity contribution in [1.29, 1.82) is 0 Å². The molecule has 7 nitrogen and oxygen atoms in total. The molecule has 0 aromatic rings. The van der Waals surface area contributed by atoms with E-state index in [0.29, 0.717) is 25.3 Å². The van der Waals surface area contributed by atoms with Gasteiger partial charge in [-0.25, -0.2) is 4.79 Å². The second-order valence-electron chi connectivity index (χ2n) is 5.04. The standard InChI is InChI=1S/C12H21N3O4/c1-7(10(16)15-12(13)19)14-6-8-2-4-9(5-3-8)11(17)18/h7-9,14H,2-6H2,1H3,(H,17,18)(H3,13,15,16,19). The Morgan fingerprint density at radius 1 is 1.26 bits per heavy atom. The fraction of sp³-hybridized carbons (Fsp3) is 0.750. The number of carbonyl (C=O) groups excluding carboxylic acids is 2. The summed E-state index contributed by atoms with van der Waals surface area (Å²) >= 11 is 0. The lowest BCUT2D eigenvalue weighted by atomic mass is 9.82.